The Bertz CT molecular complexity index is 1630. The number of methoxy groups -OCH3 is 1. The third-order valence-corrected chi connectivity index (χ3v) is 6.76. The van der Waals surface area contributed by atoms with Crippen LogP contribution >= 0.6 is 0 Å². The van der Waals surface area contributed by atoms with Crippen LogP contribution in [-0.4, -0.2) is 19.2 Å². The molecular formula is C33H30N2O5. The molecule has 2 N–H and O–H groups in total. The molecule has 0 aliphatic rings. The Morgan fingerprint density at radius 2 is 1.60 bits per heavy atom. The van der Waals surface area contributed by atoms with Gasteiger partial charge < -0.3 is 19.6 Å². The van der Waals surface area contributed by atoms with Crippen LogP contribution in [0, 0.1) is 0 Å². The maximum atomic E-state index is 13.7. The Morgan fingerprint density at radius 1 is 0.850 bits per heavy atom. The zero-order valence-electron chi connectivity index (χ0n) is 22.2. The number of rotatable bonds is 9. The molecule has 1 aromatic heterocycles. The summed E-state index contributed by atoms with van der Waals surface area (Å²) in [5.41, 5.74) is 12.5. The summed E-state index contributed by atoms with van der Waals surface area (Å²) in [6, 6.07) is 30.7. The molecule has 0 radical (unpaired) electrons. The second-order valence-corrected chi connectivity index (χ2v) is 9.38. The summed E-state index contributed by atoms with van der Waals surface area (Å²) in [5, 5.41) is 0.842. The van der Waals surface area contributed by atoms with Crippen molar-refractivity contribution >= 4 is 28.7 Å². The number of benzene rings is 4. The molecule has 0 spiro atoms. The molecule has 4 aromatic carbocycles. The van der Waals surface area contributed by atoms with Crippen molar-refractivity contribution in [3.63, 3.8) is 0 Å². The Kier molecular flexibility index (Phi) is 8.23. The van der Waals surface area contributed by atoms with Crippen LogP contribution in [0.3, 0.4) is 0 Å². The third kappa shape index (κ3) is 6.06. The van der Waals surface area contributed by atoms with Gasteiger partial charge in [-0.1, -0.05) is 72.8 Å². The average Bonchev–Trinajstić information content (AvgIpc) is 3.48. The molecule has 5 rings (SSSR count). The number of esters is 1. The Labute approximate surface area is 232 Å². The van der Waals surface area contributed by atoms with Crippen LogP contribution in [0.25, 0.3) is 22.1 Å². The van der Waals surface area contributed by atoms with Crippen molar-refractivity contribution in [3.05, 3.63) is 126 Å². The molecular weight excluding hydrogens is 504 g/mol. The molecule has 0 fully saturated rings. The smallest absolute Gasteiger partial charge is 0.414 e. The predicted octanol–water partition coefficient (Wildman–Crippen LogP) is 6.62. The monoisotopic (exact) mass is 534 g/mol. The lowest BCUT2D eigenvalue weighted by molar-refractivity contribution is -0.139. The molecule has 0 unspecified atom stereocenters. The predicted molar refractivity (Wildman–Crippen MR) is 155 cm³/mol. The zero-order valence-corrected chi connectivity index (χ0v) is 22.2. The van der Waals surface area contributed by atoms with Gasteiger partial charge in [0.2, 0.25) is 0 Å². The van der Waals surface area contributed by atoms with Gasteiger partial charge in [-0.15, -0.1) is 0 Å². The quantitative estimate of drug-likeness (QED) is 0.214. The van der Waals surface area contributed by atoms with Gasteiger partial charge in [0.1, 0.15) is 12.2 Å². The van der Waals surface area contributed by atoms with E-state index in [2.05, 4.69) is 0 Å². The standard InChI is InChI=1S/C33H30N2O5/c1-38-31(36)18-25-11-5-6-12-28(25)21-35(33(37)40-22-23-8-3-2-4-9-23)29-17-27-14-15-39-32(27)30(19-29)26-13-7-10-24(16-26)20-34/h2-17,19H,18,20-22,34H2,1H3. The zero-order chi connectivity index (χ0) is 27.9. The number of carbonyl (C=O) groups excluding carboxylic acids is 2. The van der Waals surface area contributed by atoms with Gasteiger partial charge in [0.15, 0.2) is 0 Å². The van der Waals surface area contributed by atoms with Crippen molar-refractivity contribution in [1.29, 1.82) is 0 Å². The van der Waals surface area contributed by atoms with Crippen molar-refractivity contribution in [2.45, 2.75) is 26.1 Å². The first-order chi connectivity index (χ1) is 19.6. The Hall–Kier alpha value is -4.88. The SMILES string of the molecule is COC(=O)Cc1ccccc1CN(C(=O)OCc1ccccc1)c1cc(-c2cccc(CN)c2)c2occc2c1. The summed E-state index contributed by atoms with van der Waals surface area (Å²) in [5.74, 6) is -0.354. The number of ether oxygens (including phenoxy) is 2. The van der Waals surface area contributed by atoms with Crippen LogP contribution in [0.2, 0.25) is 0 Å². The van der Waals surface area contributed by atoms with Gasteiger partial charge in [0, 0.05) is 23.2 Å². The fourth-order valence-electron chi connectivity index (χ4n) is 4.64. The van der Waals surface area contributed by atoms with Crippen LogP contribution in [0.4, 0.5) is 10.5 Å². The summed E-state index contributed by atoms with van der Waals surface area (Å²) in [4.78, 5) is 27.4. The average molecular weight is 535 g/mol. The molecule has 5 aromatic rings. The van der Waals surface area contributed by atoms with Crippen LogP contribution < -0.4 is 10.6 Å². The summed E-state index contributed by atoms with van der Waals surface area (Å²) in [6.07, 6.45) is 1.22. The van der Waals surface area contributed by atoms with Crippen LogP contribution in [0.15, 0.2) is 108 Å². The van der Waals surface area contributed by atoms with E-state index in [9.17, 15) is 9.59 Å². The van der Waals surface area contributed by atoms with Crippen molar-refractivity contribution < 1.29 is 23.5 Å². The Morgan fingerprint density at radius 3 is 2.38 bits per heavy atom. The number of nitrogens with two attached hydrogens (primary N) is 1. The highest BCUT2D eigenvalue weighted by atomic mass is 16.6. The first kappa shape index (κ1) is 26.7. The summed E-state index contributed by atoms with van der Waals surface area (Å²) < 4.78 is 16.5. The molecule has 7 nitrogen and oxygen atoms in total. The molecule has 202 valence electrons. The van der Waals surface area contributed by atoms with Gasteiger partial charge in [0.05, 0.1) is 26.3 Å². The lowest BCUT2D eigenvalue weighted by Crippen LogP contribution is -2.31. The molecule has 0 aliphatic carbocycles. The fraction of sp³-hybridized carbons (Fsp3) is 0.152. The van der Waals surface area contributed by atoms with E-state index in [1.165, 1.54) is 7.11 Å². The minimum absolute atomic E-state index is 0.0947. The van der Waals surface area contributed by atoms with E-state index in [4.69, 9.17) is 19.6 Å². The molecule has 0 bridgehead atoms. The van der Waals surface area contributed by atoms with Crippen molar-refractivity contribution in [3.8, 4) is 11.1 Å². The maximum absolute atomic E-state index is 13.7. The number of hydrogen-bond donors (Lipinski definition) is 1. The molecule has 7 heteroatoms. The lowest BCUT2D eigenvalue weighted by Gasteiger charge is -2.24. The summed E-state index contributed by atoms with van der Waals surface area (Å²) >= 11 is 0. The van der Waals surface area contributed by atoms with Gasteiger partial charge in [0.25, 0.3) is 0 Å². The molecule has 1 amide bonds. The van der Waals surface area contributed by atoms with Crippen LogP contribution in [0.1, 0.15) is 22.3 Å². The van der Waals surface area contributed by atoms with Gasteiger partial charge in [-0.25, -0.2) is 4.79 Å². The first-order valence-corrected chi connectivity index (χ1v) is 13.0. The van der Waals surface area contributed by atoms with E-state index in [1.54, 1.807) is 11.2 Å². The number of hydrogen-bond acceptors (Lipinski definition) is 6. The van der Waals surface area contributed by atoms with Crippen LogP contribution in [-0.2, 0) is 40.4 Å². The number of amides is 1. The number of furan rings is 1. The van der Waals surface area contributed by atoms with Gasteiger partial charge >= 0.3 is 12.1 Å². The largest absolute Gasteiger partial charge is 0.469 e. The van der Waals surface area contributed by atoms with E-state index in [0.717, 1.165) is 38.8 Å². The van der Waals surface area contributed by atoms with Crippen molar-refractivity contribution in [1.82, 2.24) is 0 Å². The fourth-order valence-corrected chi connectivity index (χ4v) is 4.64. The lowest BCUT2D eigenvalue weighted by atomic mass is 9.99. The molecule has 0 aliphatic heterocycles. The van der Waals surface area contributed by atoms with Gasteiger partial charge in [-0.3, -0.25) is 9.69 Å². The van der Waals surface area contributed by atoms with Crippen LogP contribution in [0.5, 0.6) is 0 Å². The van der Waals surface area contributed by atoms with E-state index in [1.807, 2.05) is 97.1 Å². The van der Waals surface area contributed by atoms with E-state index in [-0.39, 0.29) is 25.5 Å². The maximum Gasteiger partial charge on any atom is 0.414 e. The number of carbonyl (C=O) groups is 2. The Balaban J connectivity index is 1.57. The third-order valence-electron chi connectivity index (χ3n) is 6.76. The topological polar surface area (TPSA) is 95.0 Å². The number of anilines is 1. The van der Waals surface area contributed by atoms with Crippen molar-refractivity contribution in [2.24, 2.45) is 5.73 Å². The number of fused-ring (bicyclic) bond motifs is 1. The van der Waals surface area contributed by atoms with E-state index in [0.29, 0.717) is 17.8 Å². The minimum atomic E-state index is -0.513. The van der Waals surface area contributed by atoms with E-state index >= 15 is 0 Å². The normalized spacial score (nSPS) is 10.8. The highest BCUT2D eigenvalue weighted by Gasteiger charge is 2.23. The highest BCUT2D eigenvalue weighted by molar-refractivity contribution is 5.99. The number of nitrogens with zero attached hydrogens (tertiary/aromatic N) is 1. The highest BCUT2D eigenvalue weighted by Crippen LogP contribution is 2.35. The minimum Gasteiger partial charge on any atom is -0.469 e. The second-order valence-electron chi connectivity index (χ2n) is 9.38. The summed E-state index contributed by atoms with van der Waals surface area (Å²) in [7, 11) is 1.36. The van der Waals surface area contributed by atoms with Gasteiger partial charge in [-0.05, 0) is 52.1 Å². The second kappa shape index (κ2) is 12.3. The first-order valence-electron chi connectivity index (χ1n) is 13.0. The molecule has 1 heterocycles. The van der Waals surface area contributed by atoms with Crippen molar-refractivity contribution in [2.75, 3.05) is 12.0 Å². The van der Waals surface area contributed by atoms with E-state index < -0.39 is 6.09 Å². The molecule has 40 heavy (non-hydrogen) atoms. The van der Waals surface area contributed by atoms with Gasteiger partial charge in [-0.2, -0.15) is 0 Å². The molecule has 0 saturated heterocycles. The summed E-state index contributed by atoms with van der Waals surface area (Å²) in [6.45, 7) is 0.718. The molecule has 0 saturated carbocycles. The molecule has 0 atom stereocenters.